The molecule has 1 atom stereocenters. The number of hydrogen-bond donors (Lipinski definition) is 1. The van der Waals surface area contributed by atoms with E-state index in [1.807, 2.05) is 44.2 Å². The predicted octanol–water partition coefficient (Wildman–Crippen LogP) is 1.10. The summed E-state index contributed by atoms with van der Waals surface area (Å²) in [5, 5.41) is 0. The second-order valence-electron chi connectivity index (χ2n) is 5.50. The topological polar surface area (TPSA) is 62.5 Å². The smallest absolute Gasteiger partial charge is 0.222 e. The molecule has 1 aromatic heterocycles. The molecule has 0 saturated heterocycles. The molecule has 1 rings (SSSR count). The zero-order valence-electron chi connectivity index (χ0n) is 12.7. The van der Waals surface area contributed by atoms with E-state index in [2.05, 4.69) is 9.88 Å². The van der Waals surface area contributed by atoms with Crippen LogP contribution in [-0.2, 0) is 11.3 Å². The van der Waals surface area contributed by atoms with Gasteiger partial charge < -0.3 is 15.5 Å². The molecule has 0 saturated carbocycles. The monoisotopic (exact) mass is 278 g/mol. The van der Waals surface area contributed by atoms with Crippen LogP contribution in [0.1, 0.15) is 25.3 Å². The molecular weight excluding hydrogens is 252 g/mol. The molecule has 0 aromatic carbocycles. The number of carbonyl (C=O) groups excluding carboxylic acids is 1. The number of likely N-dealkylation sites (N-methyl/N-ethyl adjacent to an activating group) is 1. The van der Waals surface area contributed by atoms with Gasteiger partial charge >= 0.3 is 0 Å². The first-order chi connectivity index (χ1) is 9.49. The van der Waals surface area contributed by atoms with Crippen molar-refractivity contribution in [1.82, 2.24) is 14.8 Å². The molecule has 2 N–H and O–H groups in total. The van der Waals surface area contributed by atoms with Crippen molar-refractivity contribution in [3.63, 3.8) is 0 Å². The molecule has 0 aliphatic carbocycles. The highest BCUT2D eigenvalue weighted by atomic mass is 16.2. The molecule has 5 heteroatoms. The van der Waals surface area contributed by atoms with E-state index < -0.39 is 0 Å². The van der Waals surface area contributed by atoms with E-state index in [0.29, 0.717) is 13.0 Å². The Hall–Kier alpha value is -1.46. The summed E-state index contributed by atoms with van der Waals surface area (Å²) in [4.78, 5) is 20.4. The van der Waals surface area contributed by atoms with Gasteiger partial charge in [0.25, 0.3) is 0 Å². The van der Waals surface area contributed by atoms with E-state index in [9.17, 15) is 4.79 Å². The fourth-order valence-corrected chi connectivity index (χ4v) is 1.83. The Morgan fingerprint density at radius 2 is 2.15 bits per heavy atom. The minimum absolute atomic E-state index is 0.0630. The van der Waals surface area contributed by atoms with Crippen molar-refractivity contribution in [2.75, 3.05) is 27.2 Å². The Morgan fingerprint density at radius 1 is 1.40 bits per heavy atom. The van der Waals surface area contributed by atoms with E-state index in [0.717, 1.165) is 25.1 Å². The number of rotatable bonds is 8. The lowest BCUT2D eigenvalue weighted by atomic mass is 10.1. The number of aromatic nitrogens is 1. The van der Waals surface area contributed by atoms with Crippen LogP contribution in [0.3, 0.4) is 0 Å². The Bertz CT molecular complexity index is 392. The van der Waals surface area contributed by atoms with Crippen LogP contribution in [0, 0.1) is 0 Å². The highest BCUT2D eigenvalue weighted by Crippen LogP contribution is 2.07. The van der Waals surface area contributed by atoms with E-state index >= 15 is 0 Å². The van der Waals surface area contributed by atoms with Gasteiger partial charge in [-0.1, -0.05) is 6.07 Å². The van der Waals surface area contributed by atoms with Crippen LogP contribution < -0.4 is 5.73 Å². The number of carbonyl (C=O) groups is 1. The van der Waals surface area contributed by atoms with Gasteiger partial charge in [0.15, 0.2) is 0 Å². The maximum Gasteiger partial charge on any atom is 0.222 e. The Kier molecular flexibility index (Phi) is 7.18. The standard InChI is InChI=1S/C15H26N4O/c1-13(16)6-7-15(20)19(10-9-18(2)3)12-14-5-4-8-17-11-14/h4-5,8,11,13H,6-7,9-10,12,16H2,1-3H3. The van der Waals surface area contributed by atoms with E-state index in [4.69, 9.17) is 5.73 Å². The number of nitrogens with two attached hydrogens (primary N) is 1. The zero-order chi connectivity index (χ0) is 15.0. The Morgan fingerprint density at radius 3 is 2.70 bits per heavy atom. The van der Waals surface area contributed by atoms with Crippen LogP contribution in [0.4, 0.5) is 0 Å². The third-order valence-corrected chi connectivity index (χ3v) is 3.08. The van der Waals surface area contributed by atoms with Crippen LogP contribution >= 0.6 is 0 Å². The molecule has 0 aliphatic heterocycles. The van der Waals surface area contributed by atoms with Crippen LogP contribution in [0.25, 0.3) is 0 Å². The van der Waals surface area contributed by atoms with Gasteiger partial charge in [-0.3, -0.25) is 9.78 Å². The summed E-state index contributed by atoms with van der Waals surface area (Å²) >= 11 is 0. The van der Waals surface area contributed by atoms with Gasteiger partial charge in [0.05, 0.1) is 0 Å². The summed E-state index contributed by atoms with van der Waals surface area (Å²) in [6.07, 6.45) is 4.78. The molecule has 1 unspecified atom stereocenters. The molecular formula is C15H26N4O. The Labute approximate surface area is 121 Å². The number of hydrogen-bond acceptors (Lipinski definition) is 4. The van der Waals surface area contributed by atoms with Crippen LogP contribution in [-0.4, -0.2) is 53.9 Å². The second kappa shape index (κ2) is 8.66. The molecule has 0 fully saturated rings. The maximum absolute atomic E-state index is 12.3. The Balaban J connectivity index is 2.61. The molecule has 0 aliphatic rings. The lowest BCUT2D eigenvalue weighted by Gasteiger charge is -2.25. The fraction of sp³-hybridized carbons (Fsp3) is 0.600. The summed E-state index contributed by atoms with van der Waals surface area (Å²) in [5.41, 5.74) is 6.78. The largest absolute Gasteiger partial charge is 0.337 e. The lowest BCUT2D eigenvalue weighted by molar-refractivity contribution is -0.132. The van der Waals surface area contributed by atoms with Gasteiger partial charge in [0.1, 0.15) is 0 Å². The zero-order valence-corrected chi connectivity index (χ0v) is 12.7. The molecule has 1 heterocycles. The molecule has 0 radical (unpaired) electrons. The molecule has 5 nitrogen and oxygen atoms in total. The van der Waals surface area contributed by atoms with Crippen molar-refractivity contribution < 1.29 is 4.79 Å². The molecule has 0 bridgehead atoms. The third kappa shape index (κ3) is 6.63. The van der Waals surface area contributed by atoms with Gasteiger partial charge in [-0.25, -0.2) is 0 Å². The van der Waals surface area contributed by atoms with Gasteiger partial charge in [-0.2, -0.15) is 0 Å². The molecule has 112 valence electrons. The first kappa shape index (κ1) is 16.6. The van der Waals surface area contributed by atoms with Gasteiger partial charge in [0, 0.05) is 44.5 Å². The van der Waals surface area contributed by atoms with E-state index in [-0.39, 0.29) is 11.9 Å². The van der Waals surface area contributed by atoms with Crippen molar-refractivity contribution in [3.05, 3.63) is 30.1 Å². The lowest BCUT2D eigenvalue weighted by Crippen LogP contribution is -2.36. The van der Waals surface area contributed by atoms with Gasteiger partial charge in [0.2, 0.25) is 5.91 Å². The van der Waals surface area contributed by atoms with Gasteiger partial charge in [-0.05, 0) is 39.1 Å². The van der Waals surface area contributed by atoms with Crippen molar-refractivity contribution >= 4 is 5.91 Å². The number of amides is 1. The first-order valence-corrected chi connectivity index (χ1v) is 7.06. The quantitative estimate of drug-likeness (QED) is 0.773. The van der Waals surface area contributed by atoms with Crippen molar-refractivity contribution in [3.8, 4) is 0 Å². The number of nitrogens with zero attached hydrogens (tertiary/aromatic N) is 3. The summed E-state index contributed by atoms with van der Waals surface area (Å²) in [6.45, 7) is 4.11. The molecule has 1 aromatic rings. The number of pyridine rings is 1. The fourth-order valence-electron chi connectivity index (χ4n) is 1.83. The predicted molar refractivity (Wildman–Crippen MR) is 81.1 cm³/mol. The maximum atomic E-state index is 12.3. The SMILES string of the molecule is CC(N)CCC(=O)N(CCN(C)C)Cc1cccnc1. The van der Waals surface area contributed by atoms with Crippen molar-refractivity contribution in [1.29, 1.82) is 0 Å². The highest BCUT2D eigenvalue weighted by Gasteiger charge is 2.14. The van der Waals surface area contributed by atoms with E-state index in [1.54, 1.807) is 6.20 Å². The van der Waals surface area contributed by atoms with Crippen molar-refractivity contribution in [2.45, 2.75) is 32.4 Å². The molecule has 1 amide bonds. The first-order valence-electron chi connectivity index (χ1n) is 7.06. The summed E-state index contributed by atoms with van der Waals surface area (Å²) < 4.78 is 0. The normalized spacial score (nSPS) is 12.4. The van der Waals surface area contributed by atoms with Crippen LogP contribution in [0.15, 0.2) is 24.5 Å². The summed E-state index contributed by atoms with van der Waals surface area (Å²) in [5.74, 6) is 0.160. The third-order valence-electron chi connectivity index (χ3n) is 3.08. The minimum atomic E-state index is 0.0630. The average Bonchev–Trinajstić information content (AvgIpc) is 2.41. The highest BCUT2D eigenvalue weighted by molar-refractivity contribution is 5.76. The summed E-state index contributed by atoms with van der Waals surface area (Å²) in [7, 11) is 4.02. The molecule has 0 spiro atoms. The van der Waals surface area contributed by atoms with Crippen molar-refractivity contribution in [2.24, 2.45) is 5.73 Å². The average molecular weight is 278 g/mol. The van der Waals surface area contributed by atoms with E-state index in [1.165, 1.54) is 0 Å². The van der Waals surface area contributed by atoms with Gasteiger partial charge in [-0.15, -0.1) is 0 Å². The minimum Gasteiger partial charge on any atom is -0.337 e. The second-order valence-corrected chi connectivity index (χ2v) is 5.50. The molecule has 20 heavy (non-hydrogen) atoms. The summed E-state index contributed by atoms with van der Waals surface area (Å²) in [6, 6.07) is 3.95. The van der Waals surface area contributed by atoms with Crippen LogP contribution in [0.5, 0.6) is 0 Å². The van der Waals surface area contributed by atoms with Crippen LogP contribution in [0.2, 0.25) is 0 Å².